The van der Waals surface area contributed by atoms with Crippen LogP contribution in [0.25, 0.3) is 0 Å². The lowest BCUT2D eigenvalue weighted by molar-refractivity contribution is -0.384. The second kappa shape index (κ2) is 11.1. The number of nitrogens with one attached hydrogen (secondary N) is 1. The molecule has 0 spiro atoms. The highest BCUT2D eigenvalue weighted by molar-refractivity contribution is 7.99. The molecule has 184 valence electrons. The molecule has 1 heterocycles. The Hall–Kier alpha value is -3.73. The van der Waals surface area contributed by atoms with Crippen molar-refractivity contribution in [1.82, 2.24) is 5.32 Å². The van der Waals surface area contributed by atoms with Gasteiger partial charge < -0.3 is 14.8 Å². The summed E-state index contributed by atoms with van der Waals surface area (Å²) >= 11 is 1.01. The van der Waals surface area contributed by atoms with Gasteiger partial charge in [-0.1, -0.05) is 12.1 Å². The monoisotopic (exact) mass is 504 g/mol. The quantitative estimate of drug-likeness (QED) is 0.240. The second-order valence-electron chi connectivity index (χ2n) is 7.42. The van der Waals surface area contributed by atoms with Gasteiger partial charge in [0, 0.05) is 40.2 Å². The van der Waals surface area contributed by atoms with Gasteiger partial charge in [0.2, 0.25) is 0 Å². The Kier molecular flexibility index (Phi) is 8.23. The lowest BCUT2D eigenvalue weighted by atomic mass is 9.80. The third-order valence-corrected chi connectivity index (χ3v) is 6.30. The minimum atomic E-state index is -1.05. The van der Waals surface area contributed by atoms with E-state index in [0.717, 1.165) is 23.9 Å². The predicted octanol–water partition coefficient (Wildman–Crippen LogP) is 4.62. The Balaban J connectivity index is 2.17. The molecule has 1 aliphatic heterocycles. The van der Waals surface area contributed by atoms with Gasteiger partial charge in [-0.15, -0.1) is 11.8 Å². The minimum Gasteiger partial charge on any atom is -0.466 e. The number of carbonyl (C=O) groups excluding carboxylic acids is 2. The molecule has 2 aromatic carbocycles. The van der Waals surface area contributed by atoms with Crippen LogP contribution in [-0.4, -0.2) is 36.3 Å². The van der Waals surface area contributed by atoms with E-state index in [4.69, 9.17) is 9.47 Å². The number of nitrogens with zero attached hydrogens (tertiary/aromatic N) is 1. The molecule has 0 aliphatic carbocycles. The number of ether oxygens (including phenoxy) is 2. The zero-order valence-corrected chi connectivity index (χ0v) is 19.9. The topological polar surface area (TPSA) is 108 Å². The van der Waals surface area contributed by atoms with Gasteiger partial charge >= 0.3 is 11.9 Å². The molecule has 0 saturated carbocycles. The molecule has 0 radical (unpaired) electrons. The number of hydrogen-bond donors (Lipinski definition) is 1. The van der Waals surface area contributed by atoms with Crippen LogP contribution in [0.3, 0.4) is 0 Å². The number of carbonyl (C=O) groups is 2. The van der Waals surface area contributed by atoms with Gasteiger partial charge in [-0.3, -0.25) is 10.1 Å². The molecule has 0 amide bonds. The van der Waals surface area contributed by atoms with Crippen LogP contribution >= 0.6 is 11.8 Å². The molecule has 0 saturated heterocycles. The Morgan fingerprint density at radius 1 is 1.14 bits per heavy atom. The number of thioether (sulfide) groups is 1. The summed E-state index contributed by atoms with van der Waals surface area (Å²) < 4.78 is 37.7. The normalized spacial score (nSPS) is 15.5. The molecule has 35 heavy (non-hydrogen) atoms. The van der Waals surface area contributed by atoms with Gasteiger partial charge in [-0.05, 0) is 31.5 Å². The lowest BCUT2D eigenvalue weighted by Gasteiger charge is -2.31. The van der Waals surface area contributed by atoms with Crippen LogP contribution in [0.4, 0.5) is 14.5 Å². The van der Waals surface area contributed by atoms with Crippen molar-refractivity contribution in [3.63, 3.8) is 0 Å². The molecule has 3 rings (SSSR count). The number of non-ortho nitro benzene ring substituents is 1. The first-order chi connectivity index (χ1) is 16.7. The van der Waals surface area contributed by atoms with Gasteiger partial charge in [0.15, 0.2) is 0 Å². The van der Waals surface area contributed by atoms with Gasteiger partial charge in [-0.25, -0.2) is 18.4 Å². The van der Waals surface area contributed by atoms with Crippen LogP contribution in [0.5, 0.6) is 0 Å². The summed E-state index contributed by atoms with van der Waals surface area (Å²) in [6.45, 7) is 3.25. The second-order valence-corrected chi connectivity index (χ2v) is 8.43. The number of dihydropyridines is 1. The maximum Gasteiger partial charge on any atom is 0.336 e. The van der Waals surface area contributed by atoms with Crippen molar-refractivity contribution in [2.24, 2.45) is 0 Å². The zero-order chi connectivity index (χ0) is 25.7. The fourth-order valence-electron chi connectivity index (χ4n) is 3.73. The van der Waals surface area contributed by atoms with E-state index in [1.54, 1.807) is 19.9 Å². The fourth-order valence-corrected chi connectivity index (χ4v) is 4.62. The van der Waals surface area contributed by atoms with E-state index in [0.29, 0.717) is 17.0 Å². The maximum absolute atomic E-state index is 14.2. The van der Waals surface area contributed by atoms with Crippen molar-refractivity contribution in [3.05, 3.63) is 92.3 Å². The molecule has 8 nitrogen and oxygen atoms in total. The number of rotatable bonds is 8. The standard InChI is InChI=1S/C24H22F2N2O6S/c1-4-34-24(30)22-18(12-35-19-9-8-15(25)11-17(19)26)27-13(2)20(23(29)33-3)21(22)14-6-5-7-16(10-14)28(31)32/h5-11,21,27H,4,12H2,1-3H3. The Morgan fingerprint density at radius 2 is 1.89 bits per heavy atom. The molecule has 0 bridgehead atoms. The zero-order valence-electron chi connectivity index (χ0n) is 19.1. The fraction of sp³-hybridized carbons (Fsp3) is 0.250. The summed E-state index contributed by atoms with van der Waals surface area (Å²) in [5.41, 5.74) is 0.871. The summed E-state index contributed by atoms with van der Waals surface area (Å²) in [6, 6.07) is 8.73. The summed E-state index contributed by atoms with van der Waals surface area (Å²) in [5, 5.41) is 14.4. The van der Waals surface area contributed by atoms with Gasteiger partial charge in [0.1, 0.15) is 11.6 Å². The highest BCUT2D eigenvalue weighted by atomic mass is 32.2. The Bertz CT molecular complexity index is 1240. The molecule has 1 unspecified atom stereocenters. The molecule has 0 fully saturated rings. The first-order valence-electron chi connectivity index (χ1n) is 10.5. The van der Waals surface area contributed by atoms with Crippen molar-refractivity contribution in [2.45, 2.75) is 24.7 Å². The van der Waals surface area contributed by atoms with E-state index in [-0.39, 0.29) is 34.1 Å². The van der Waals surface area contributed by atoms with Crippen LogP contribution in [0, 0.1) is 21.7 Å². The van der Waals surface area contributed by atoms with Crippen molar-refractivity contribution in [3.8, 4) is 0 Å². The number of nitro benzene ring substituents is 1. The highest BCUT2D eigenvalue weighted by Crippen LogP contribution is 2.41. The third-order valence-electron chi connectivity index (χ3n) is 5.23. The Labute approximate surface area is 204 Å². The molecule has 1 aliphatic rings. The predicted molar refractivity (Wildman–Crippen MR) is 124 cm³/mol. The van der Waals surface area contributed by atoms with Gasteiger partial charge in [-0.2, -0.15) is 0 Å². The average Bonchev–Trinajstić information content (AvgIpc) is 2.82. The van der Waals surface area contributed by atoms with Crippen LogP contribution in [-0.2, 0) is 19.1 Å². The van der Waals surface area contributed by atoms with Crippen molar-refractivity contribution >= 4 is 29.4 Å². The molecule has 2 aromatic rings. The summed E-state index contributed by atoms with van der Waals surface area (Å²) in [6.07, 6.45) is 0. The van der Waals surface area contributed by atoms with Gasteiger partial charge in [0.25, 0.3) is 5.69 Å². The van der Waals surface area contributed by atoms with Crippen LogP contribution in [0.15, 0.2) is 69.9 Å². The number of esters is 2. The van der Waals surface area contributed by atoms with E-state index in [9.17, 15) is 28.5 Å². The Morgan fingerprint density at radius 3 is 2.51 bits per heavy atom. The van der Waals surface area contributed by atoms with Crippen LogP contribution in [0.2, 0.25) is 0 Å². The van der Waals surface area contributed by atoms with E-state index in [2.05, 4.69) is 5.32 Å². The smallest absolute Gasteiger partial charge is 0.336 e. The molecular formula is C24H22F2N2O6S. The SMILES string of the molecule is CCOC(=O)C1=C(CSc2ccc(F)cc2F)NC(C)=C(C(=O)OC)C1c1cccc([N+](=O)[O-])c1. The highest BCUT2D eigenvalue weighted by Gasteiger charge is 2.39. The summed E-state index contributed by atoms with van der Waals surface area (Å²) in [7, 11) is 1.18. The largest absolute Gasteiger partial charge is 0.466 e. The first-order valence-corrected chi connectivity index (χ1v) is 11.4. The van der Waals surface area contributed by atoms with Crippen LogP contribution < -0.4 is 5.32 Å². The lowest BCUT2D eigenvalue weighted by Crippen LogP contribution is -2.34. The number of benzene rings is 2. The number of methoxy groups -OCH3 is 1. The van der Waals surface area contributed by atoms with E-state index >= 15 is 0 Å². The van der Waals surface area contributed by atoms with E-state index in [1.807, 2.05) is 0 Å². The van der Waals surface area contributed by atoms with E-state index in [1.165, 1.54) is 31.4 Å². The number of allylic oxidation sites excluding steroid dienone is 1. The molecular weight excluding hydrogens is 482 g/mol. The molecule has 1 N–H and O–H groups in total. The minimum absolute atomic E-state index is 0.0350. The summed E-state index contributed by atoms with van der Waals surface area (Å²) in [5.74, 6) is -3.97. The van der Waals surface area contributed by atoms with E-state index < -0.39 is 34.4 Å². The van der Waals surface area contributed by atoms with Crippen molar-refractivity contribution in [2.75, 3.05) is 19.5 Å². The molecule has 0 aromatic heterocycles. The average molecular weight is 505 g/mol. The van der Waals surface area contributed by atoms with Crippen LogP contribution in [0.1, 0.15) is 25.3 Å². The maximum atomic E-state index is 14.2. The molecule has 11 heteroatoms. The van der Waals surface area contributed by atoms with Crippen molar-refractivity contribution < 1.29 is 32.8 Å². The molecule has 1 atom stereocenters. The first kappa shape index (κ1) is 25.9. The van der Waals surface area contributed by atoms with Crippen molar-refractivity contribution in [1.29, 1.82) is 0 Å². The third kappa shape index (κ3) is 5.68. The number of halogens is 2. The summed E-state index contributed by atoms with van der Waals surface area (Å²) in [4.78, 5) is 36.8. The number of hydrogen-bond acceptors (Lipinski definition) is 8. The van der Waals surface area contributed by atoms with Gasteiger partial charge in [0.05, 0.1) is 35.7 Å². The number of nitro groups is 1.